The monoisotopic (exact) mass is 498 g/mol. The van der Waals surface area contributed by atoms with Gasteiger partial charge in [0.15, 0.2) is 0 Å². The average molecular weight is 499 g/mol. The van der Waals surface area contributed by atoms with Gasteiger partial charge in [0.05, 0.1) is 32.3 Å². The fourth-order valence-electron chi connectivity index (χ4n) is 5.84. The zero-order chi connectivity index (χ0) is 24.9. The first-order valence-electron chi connectivity index (χ1n) is 11.6. The predicted molar refractivity (Wildman–Crippen MR) is 127 cm³/mol. The minimum atomic E-state index is -1.41. The Morgan fingerprint density at radius 3 is 2.63 bits per heavy atom. The quantitative estimate of drug-likeness (QED) is 0.588. The van der Waals surface area contributed by atoms with Crippen LogP contribution in [0.5, 0.6) is 11.5 Å². The highest BCUT2D eigenvalue weighted by molar-refractivity contribution is 6.30. The molecule has 0 aromatic heterocycles. The van der Waals surface area contributed by atoms with E-state index in [1.54, 1.807) is 50.1 Å². The van der Waals surface area contributed by atoms with Crippen LogP contribution in [0.15, 0.2) is 42.5 Å². The van der Waals surface area contributed by atoms with Gasteiger partial charge in [0.25, 0.3) is 0 Å². The van der Waals surface area contributed by atoms with Gasteiger partial charge in [0.2, 0.25) is 11.8 Å². The highest BCUT2D eigenvalue weighted by atomic mass is 35.5. The van der Waals surface area contributed by atoms with E-state index in [2.05, 4.69) is 0 Å². The molecule has 3 aliphatic heterocycles. The highest BCUT2D eigenvalue weighted by Crippen LogP contribution is 2.57. The Morgan fingerprint density at radius 2 is 1.94 bits per heavy atom. The van der Waals surface area contributed by atoms with Gasteiger partial charge in [-0.15, -0.1) is 0 Å². The van der Waals surface area contributed by atoms with Gasteiger partial charge in [-0.3, -0.25) is 14.4 Å². The van der Waals surface area contributed by atoms with Crippen molar-refractivity contribution in [1.29, 1.82) is 0 Å². The molecule has 0 saturated carbocycles. The van der Waals surface area contributed by atoms with Gasteiger partial charge in [-0.25, -0.2) is 0 Å². The molecular formula is C26H27ClN2O6. The molecule has 2 fully saturated rings. The van der Waals surface area contributed by atoms with Gasteiger partial charge >= 0.3 is 5.97 Å². The van der Waals surface area contributed by atoms with E-state index in [4.69, 9.17) is 25.8 Å². The van der Waals surface area contributed by atoms with Crippen molar-refractivity contribution in [1.82, 2.24) is 9.80 Å². The van der Waals surface area contributed by atoms with Gasteiger partial charge in [0, 0.05) is 29.1 Å². The van der Waals surface area contributed by atoms with E-state index in [0.717, 1.165) is 11.1 Å². The number of fused-ring (bicyclic) bond motifs is 5. The van der Waals surface area contributed by atoms with E-state index in [-0.39, 0.29) is 38.1 Å². The fraction of sp³-hybridized carbons (Fsp3) is 0.423. The van der Waals surface area contributed by atoms with Crippen molar-refractivity contribution >= 4 is 29.4 Å². The Labute approximate surface area is 208 Å². The number of hydrogen-bond acceptors (Lipinski definition) is 6. The highest BCUT2D eigenvalue weighted by Gasteiger charge is 2.69. The van der Waals surface area contributed by atoms with Crippen molar-refractivity contribution in [2.75, 3.05) is 26.9 Å². The zero-order valence-electron chi connectivity index (χ0n) is 19.8. The number of benzene rings is 2. The number of esters is 1. The maximum absolute atomic E-state index is 14.1. The molecule has 2 saturated heterocycles. The molecule has 9 heteroatoms. The van der Waals surface area contributed by atoms with E-state index in [0.29, 0.717) is 16.5 Å². The minimum Gasteiger partial charge on any atom is -0.497 e. The van der Waals surface area contributed by atoms with Crippen LogP contribution in [-0.2, 0) is 25.7 Å². The van der Waals surface area contributed by atoms with Crippen molar-refractivity contribution in [3.05, 3.63) is 58.6 Å². The number of nitrogens with zero attached hydrogens (tertiary/aromatic N) is 2. The SMILES string of the molecule is CCOC(=O)[C@H]1[C@H]2COc3cc(OC)ccc3[C@@H]2N2C(=O)CN(Cc3ccc(Cl)cc3)C(=O)[C@@]12C. The molecule has 0 aliphatic carbocycles. The first kappa shape index (κ1) is 23.5. The van der Waals surface area contributed by atoms with Gasteiger partial charge in [-0.2, -0.15) is 0 Å². The second-order valence-electron chi connectivity index (χ2n) is 9.25. The first-order chi connectivity index (χ1) is 16.8. The summed E-state index contributed by atoms with van der Waals surface area (Å²) >= 11 is 6.00. The van der Waals surface area contributed by atoms with Crippen LogP contribution >= 0.6 is 11.6 Å². The third-order valence-corrected chi connectivity index (χ3v) is 7.58. The number of piperazine rings is 1. The molecule has 184 valence electrons. The predicted octanol–water partition coefficient (Wildman–Crippen LogP) is 3.22. The number of rotatable bonds is 5. The van der Waals surface area contributed by atoms with Crippen LogP contribution in [0.1, 0.15) is 31.0 Å². The van der Waals surface area contributed by atoms with E-state index < -0.39 is 29.4 Å². The lowest BCUT2D eigenvalue weighted by molar-refractivity contribution is -0.170. The molecule has 0 spiro atoms. The molecular weight excluding hydrogens is 472 g/mol. The summed E-state index contributed by atoms with van der Waals surface area (Å²) in [5.41, 5.74) is 0.192. The molecule has 3 heterocycles. The molecule has 35 heavy (non-hydrogen) atoms. The maximum Gasteiger partial charge on any atom is 0.312 e. The van der Waals surface area contributed by atoms with Crippen LogP contribution in [0.25, 0.3) is 0 Å². The Bertz CT molecular complexity index is 1180. The van der Waals surface area contributed by atoms with Crippen LogP contribution in [0.2, 0.25) is 5.02 Å². The molecule has 5 rings (SSSR count). The van der Waals surface area contributed by atoms with Crippen molar-refractivity contribution in [2.45, 2.75) is 32.0 Å². The van der Waals surface area contributed by atoms with Crippen LogP contribution in [-0.4, -0.2) is 60.0 Å². The number of ether oxygens (including phenoxy) is 3. The lowest BCUT2D eigenvalue weighted by atomic mass is 9.77. The second kappa shape index (κ2) is 8.75. The third-order valence-electron chi connectivity index (χ3n) is 7.33. The number of carbonyl (C=O) groups is 3. The summed E-state index contributed by atoms with van der Waals surface area (Å²) in [4.78, 5) is 44.2. The zero-order valence-corrected chi connectivity index (χ0v) is 20.6. The summed E-state index contributed by atoms with van der Waals surface area (Å²) in [7, 11) is 1.57. The standard InChI is InChI=1S/C26H27ClN2O6/c1-4-34-24(31)22-19-14-35-20-11-17(33-3)9-10-18(20)23(19)29-21(30)13-28(25(32)26(22,29)2)12-15-5-7-16(27)8-6-15/h5-11,19,22-23H,4,12-14H2,1-3H3/t19-,22-,23+,26-/m1/s1. The summed E-state index contributed by atoms with van der Waals surface area (Å²) < 4.78 is 16.8. The Kier molecular flexibility index (Phi) is 5.87. The van der Waals surface area contributed by atoms with E-state index in [9.17, 15) is 14.4 Å². The Hall–Kier alpha value is -3.26. The van der Waals surface area contributed by atoms with Crippen molar-refractivity contribution < 1.29 is 28.6 Å². The molecule has 4 atom stereocenters. The number of halogens is 1. The summed E-state index contributed by atoms with van der Waals surface area (Å²) in [6, 6.07) is 12.1. The molecule has 3 aliphatic rings. The van der Waals surface area contributed by atoms with E-state index in [1.165, 1.54) is 4.90 Å². The number of amides is 2. The lowest BCUT2D eigenvalue weighted by Crippen LogP contribution is -2.67. The summed E-state index contributed by atoms with van der Waals surface area (Å²) in [6.07, 6.45) is 0. The summed E-state index contributed by atoms with van der Waals surface area (Å²) in [5, 5.41) is 0.588. The van der Waals surface area contributed by atoms with Crippen LogP contribution in [0, 0.1) is 11.8 Å². The summed E-state index contributed by atoms with van der Waals surface area (Å²) in [6.45, 7) is 3.92. The van der Waals surface area contributed by atoms with Crippen LogP contribution in [0.3, 0.4) is 0 Å². The lowest BCUT2D eigenvalue weighted by Gasteiger charge is -2.47. The molecule has 2 aromatic rings. The topological polar surface area (TPSA) is 85.4 Å². The number of hydrogen-bond donors (Lipinski definition) is 0. The first-order valence-corrected chi connectivity index (χ1v) is 12.0. The Balaban J connectivity index is 1.58. The summed E-state index contributed by atoms with van der Waals surface area (Å²) in [5.74, 6) is -1.08. The van der Waals surface area contributed by atoms with Gasteiger partial charge < -0.3 is 24.0 Å². The largest absolute Gasteiger partial charge is 0.497 e. The van der Waals surface area contributed by atoms with Crippen LogP contribution in [0.4, 0.5) is 0 Å². The minimum absolute atomic E-state index is 0.0812. The number of methoxy groups -OCH3 is 1. The molecule has 0 bridgehead atoms. The normalized spacial score (nSPS) is 27.0. The van der Waals surface area contributed by atoms with Crippen molar-refractivity contribution in [3.63, 3.8) is 0 Å². The molecule has 0 unspecified atom stereocenters. The number of carbonyl (C=O) groups excluding carboxylic acids is 3. The van der Waals surface area contributed by atoms with Crippen LogP contribution < -0.4 is 9.47 Å². The molecule has 8 nitrogen and oxygen atoms in total. The second-order valence-corrected chi connectivity index (χ2v) is 9.69. The molecule has 2 amide bonds. The third kappa shape index (κ3) is 3.62. The maximum atomic E-state index is 14.1. The molecule has 0 N–H and O–H groups in total. The average Bonchev–Trinajstić information content (AvgIpc) is 3.13. The molecule has 0 radical (unpaired) electrons. The van der Waals surface area contributed by atoms with Crippen molar-refractivity contribution in [2.24, 2.45) is 11.8 Å². The van der Waals surface area contributed by atoms with Gasteiger partial charge in [-0.05, 0) is 43.7 Å². The van der Waals surface area contributed by atoms with Crippen molar-refractivity contribution in [3.8, 4) is 11.5 Å². The smallest absolute Gasteiger partial charge is 0.312 e. The van der Waals surface area contributed by atoms with E-state index in [1.807, 2.05) is 18.2 Å². The fourth-order valence-corrected chi connectivity index (χ4v) is 5.97. The Morgan fingerprint density at radius 1 is 1.20 bits per heavy atom. The van der Waals surface area contributed by atoms with Gasteiger partial charge in [-0.1, -0.05) is 23.7 Å². The van der Waals surface area contributed by atoms with E-state index >= 15 is 0 Å². The molecule has 2 aromatic carbocycles. The van der Waals surface area contributed by atoms with Gasteiger partial charge in [0.1, 0.15) is 23.6 Å².